The Morgan fingerprint density at radius 3 is 2.59 bits per heavy atom. The van der Waals surface area contributed by atoms with E-state index in [1.54, 1.807) is 17.4 Å². The van der Waals surface area contributed by atoms with Crippen LogP contribution in [0.15, 0.2) is 46.7 Å². The van der Waals surface area contributed by atoms with Crippen LogP contribution in [0.4, 0.5) is 4.79 Å². The second-order valence-corrected chi connectivity index (χ2v) is 6.65. The molecule has 6 heteroatoms. The highest BCUT2D eigenvalue weighted by molar-refractivity contribution is 8.18. The van der Waals surface area contributed by atoms with Gasteiger partial charge in [0, 0.05) is 11.3 Å². The van der Waals surface area contributed by atoms with Crippen LogP contribution in [0.2, 0.25) is 0 Å². The van der Waals surface area contributed by atoms with Gasteiger partial charge in [0.2, 0.25) is 0 Å². The third-order valence-electron chi connectivity index (χ3n) is 3.02. The maximum absolute atomic E-state index is 11.5. The van der Waals surface area contributed by atoms with Crippen LogP contribution in [0, 0.1) is 0 Å². The zero-order chi connectivity index (χ0) is 15.4. The van der Waals surface area contributed by atoms with Crippen molar-refractivity contribution in [3.05, 3.63) is 57.1 Å². The van der Waals surface area contributed by atoms with E-state index in [1.807, 2.05) is 30.3 Å². The number of carbonyl (C=O) groups excluding carboxylic acids is 2. The standard InChI is InChI=1S/C16H13NO3S2/c18-15-14(22-16(19)17-15)10-11-3-5-12(6-4-11)20-8-7-13-2-1-9-21-13/h1-6,9-10H,7-8H2,(H,17,18,19)/b14-10+. The van der Waals surface area contributed by atoms with Gasteiger partial charge in [-0.15, -0.1) is 11.3 Å². The van der Waals surface area contributed by atoms with E-state index in [2.05, 4.69) is 16.8 Å². The van der Waals surface area contributed by atoms with E-state index >= 15 is 0 Å². The molecular weight excluding hydrogens is 318 g/mol. The molecule has 112 valence electrons. The van der Waals surface area contributed by atoms with Gasteiger partial charge in [-0.2, -0.15) is 0 Å². The number of imide groups is 1. The van der Waals surface area contributed by atoms with Gasteiger partial charge in [-0.1, -0.05) is 18.2 Å². The molecule has 0 bridgehead atoms. The summed E-state index contributed by atoms with van der Waals surface area (Å²) in [5, 5.41) is 3.96. The number of thioether (sulfide) groups is 1. The quantitative estimate of drug-likeness (QED) is 0.849. The highest BCUT2D eigenvalue weighted by atomic mass is 32.2. The average Bonchev–Trinajstić information content (AvgIpc) is 3.11. The first-order valence-corrected chi connectivity index (χ1v) is 8.40. The summed E-state index contributed by atoms with van der Waals surface area (Å²) in [6.45, 7) is 0.633. The largest absolute Gasteiger partial charge is 0.493 e. The zero-order valence-electron chi connectivity index (χ0n) is 11.6. The van der Waals surface area contributed by atoms with Crippen molar-refractivity contribution < 1.29 is 14.3 Å². The topological polar surface area (TPSA) is 55.4 Å². The van der Waals surface area contributed by atoms with E-state index in [0.29, 0.717) is 11.5 Å². The van der Waals surface area contributed by atoms with Crippen LogP contribution >= 0.6 is 23.1 Å². The van der Waals surface area contributed by atoms with E-state index in [4.69, 9.17) is 4.74 Å². The molecule has 0 atom stereocenters. The number of benzene rings is 1. The SMILES string of the molecule is O=C1NC(=O)/C(=C\c2ccc(OCCc3cccs3)cc2)S1. The number of hydrogen-bond acceptors (Lipinski definition) is 5. The number of hydrogen-bond donors (Lipinski definition) is 1. The molecule has 2 heterocycles. The van der Waals surface area contributed by atoms with Crippen LogP contribution in [0.3, 0.4) is 0 Å². The highest BCUT2D eigenvalue weighted by Crippen LogP contribution is 2.26. The van der Waals surface area contributed by atoms with Crippen LogP contribution in [-0.4, -0.2) is 17.8 Å². The van der Waals surface area contributed by atoms with E-state index in [-0.39, 0.29) is 11.1 Å². The fraction of sp³-hybridized carbons (Fsp3) is 0.125. The number of thiophene rings is 1. The number of carbonyl (C=O) groups is 2. The van der Waals surface area contributed by atoms with Gasteiger partial charge in [-0.3, -0.25) is 14.9 Å². The predicted octanol–water partition coefficient (Wildman–Crippen LogP) is 3.69. The fourth-order valence-corrected chi connectivity index (χ4v) is 3.33. The molecule has 2 amide bonds. The summed E-state index contributed by atoms with van der Waals surface area (Å²) >= 11 is 2.64. The summed E-state index contributed by atoms with van der Waals surface area (Å²) in [7, 11) is 0. The van der Waals surface area contributed by atoms with Crippen molar-refractivity contribution in [3.63, 3.8) is 0 Å². The van der Waals surface area contributed by atoms with Crippen LogP contribution < -0.4 is 10.1 Å². The molecule has 2 aromatic rings. The maximum Gasteiger partial charge on any atom is 0.290 e. The molecule has 4 nitrogen and oxygen atoms in total. The minimum absolute atomic E-state index is 0.329. The van der Waals surface area contributed by atoms with Gasteiger partial charge >= 0.3 is 0 Å². The molecule has 0 saturated carbocycles. The van der Waals surface area contributed by atoms with Crippen molar-refractivity contribution in [2.45, 2.75) is 6.42 Å². The van der Waals surface area contributed by atoms with Crippen LogP contribution in [0.25, 0.3) is 6.08 Å². The minimum atomic E-state index is -0.341. The van der Waals surface area contributed by atoms with Crippen molar-refractivity contribution in [1.82, 2.24) is 5.32 Å². The van der Waals surface area contributed by atoms with Crippen LogP contribution in [0.5, 0.6) is 5.75 Å². The normalized spacial score (nSPS) is 16.1. The summed E-state index contributed by atoms with van der Waals surface area (Å²) in [6, 6.07) is 11.6. The smallest absolute Gasteiger partial charge is 0.290 e. The molecule has 1 aliphatic heterocycles. The van der Waals surface area contributed by atoms with Gasteiger partial charge in [-0.05, 0) is 47.0 Å². The summed E-state index contributed by atoms with van der Waals surface area (Å²) in [4.78, 5) is 24.3. The van der Waals surface area contributed by atoms with Crippen molar-refractivity contribution in [2.24, 2.45) is 0 Å². The highest BCUT2D eigenvalue weighted by Gasteiger charge is 2.24. The van der Waals surface area contributed by atoms with Crippen LogP contribution in [0.1, 0.15) is 10.4 Å². The van der Waals surface area contributed by atoms with E-state index < -0.39 is 0 Å². The molecular formula is C16H13NO3S2. The van der Waals surface area contributed by atoms with E-state index in [0.717, 1.165) is 29.5 Å². The molecule has 3 rings (SSSR count). The Hall–Kier alpha value is -2.05. The molecule has 1 aliphatic rings. The lowest BCUT2D eigenvalue weighted by atomic mass is 10.2. The second kappa shape index (κ2) is 6.81. The van der Waals surface area contributed by atoms with Gasteiger partial charge in [-0.25, -0.2) is 0 Å². The number of amides is 2. The van der Waals surface area contributed by atoms with Crippen molar-refractivity contribution >= 4 is 40.3 Å². The predicted molar refractivity (Wildman–Crippen MR) is 89.1 cm³/mol. The first-order chi connectivity index (χ1) is 10.7. The number of nitrogens with one attached hydrogen (secondary N) is 1. The Bertz CT molecular complexity index is 706. The average molecular weight is 331 g/mol. The van der Waals surface area contributed by atoms with Crippen molar-refractivity contribution in [2.75, 3.05) is 6.61 Å². The Balaban J connectivity index is 1.57. The molecule has 1 aromatic carbocycles. The van der Waals surface area contributed by atoms with Gasteiger partial charge < -0.3 is 4.74 Å². The Morgan fingerprint density at radius 2 is 1.95 bits per heavy atom. The lowest BCUT2D eigenvalue weighted by Gasteiger charge is -2.05. The molecule has 0 spiro atoms. The van der Waals surface area contributed by atoms with Crippen molar-refractivity contribution in [3.8, 4) is 5.75 Å². The molecule has 0 radical (unpaired) electrons. The lowest BCUT2D eigenvalue weighted by Crippen LogP contribution is -2.17. The summed E-state index contributed by atoms with van der Waals surface area (Å²) in [6.07, 6.45) is 2.59. The first-order valence-electron chi connectivity index (χ1n) is 6.71. The van der Waals surface area contributed by atoms with Crippen LogP contribution in [-0.2, 0) is 11.2 Å². The Kier molecular flexibility index (Phi) is 4.60. The first kappa shape index (κ1) is 14.9. The van der Waals surface area contributed by atoms with Gasteiger partial charge in [0.1, 0.15) is 5.75 Å². The molecule has 0 aliphatic carbocycles. The lowest BCUT2D eigenvalue weighted by molar-refractivity contribution is -0.115. The van der Waals surface area contributed by atoms with Gasteiger partial charge in [0.05, 0.1) is 11.5 Å². The summed E-state index contributed by atoms with van der Waals surface area (Å²) in [5.74, 6) is 0.449. The number of ether oxygens (including phenoxy) is 1. The maximum atomic E-state index is 11.5. The fourth-order valence-electron chi connectivity index (χ4n) is 1.96. The molecule has 0 unspecified atom stereocenters. The molecule has 1 aromatic heterocycles. The van der Waals surface area contributed by atoms with Gasteiger partial charge in [0.25, 0.3) is 11.1 Å². The molecule has 1 saturated heterocycles. The second-order valence-electron chi connectivity index (χ2n) is 4.60. The third-order valence-corrected chi connectivity index (χ3v) is 4.76. The minimum Gasteiger partial charge on any atom is -0.493 e. The molecule has 1 N–H and O–H groups in total. The van der Waals surface area contributed by atoms with E-state index in [1.165, 1.54) is 4.88 Å². The van der Waals surface area contributed by atoms with Gasteiger partial charge in [0.15, 0.2) is 0 Å². The van der Waals surface area contributed by atoms with E-state index in [9.17, 15) is 9.59 Å². The third kappa shape index (κ3) is 3.78. The Labute approximate surface area is 136 Å². The monoisotopic (exact) mass is 331 g/mol. The van der Waals surface area contributed by atoms with Crippen molar-refractivity contribution in [1.29, 1.82) is 0 Å². The Morgan fingerprint density at radius 1 is 1.14 bits per heavy atom. The molecule has 22 heavy (non-hydrogen) atoms. The zero-order valence-corrected chi connectivity index (χ0v) is 13.2. The number of rotatable bonds is 5. The summed E-state index contributed by atoms with van der Waals surface area (Å²) in [5.41, 5.74) is 0.859. The summed E-state index contributed by atoms with van der Waals surface area (Å²) < 4.78 is 5.69. The molecule has 1 fully saturated rings.